The first kappa shape index (κ1) is 29.3. The number of hydrogen-bond acceptors (Lipinski definition) is 7. The Bertz CT molecular complexity index is 1030. The standard InChI is InChI=1S/C31H46N4O4/c1-23(2)35(31(36)25-11-12-29(38-4)30(17-25)39-16-8-15-37-3)21-26-18-32-19-28(26)33-27-13-14-34(22-27)20-24-9-6-5-7-10-24/h5-7,9-12,17,23,26-28,32-33H,8,13-16,18-22H2,1-4H3/t26-,27?,28-/m0/s1. The van der Waals surface area contributed by atoms with Crippen LogP contribution in [0, 0.1) is 5.92 Å². The molecule has 2 fully saturated rings. The monoisotopic (exact) mass is 538 g/mol. The molecule has 8 nitrogen and oxygen atoms in total. The predicted octanol–water partition coefficient (Wildman–Crippen LogP) is 3.41. The number of carbonyl (C=O) groups excluding carboxylic acids is 1. The average Bonchev–Trinajstić information content (AvgIpc) is 3.58. The van der Waals surface area contributed by atoms with Gasteiger partial charge in [-0.2, -0.15) is 0 Å². The molecule has 2 heterocycles. The second-order valence-corrected chi connectivity index (χ2v) is 11.0. The van der Waals surface area contributed by atoms with Gasteiger partial charge >= 0.3 is 0 Å². The lowest BCUT2D eigenvalue weighted by Crippen LogP contribution is -2.49. The maximum Gasteiger partial charge on any atom is 0.254 e. The number of methoxy groups -OCH3 is 2. The lowest BCUT2D eigenvalue weighted by molar-refractivity contribution is 0.0666. The molecule has 2 aliphatic rings. The van der Waals surface area contributed by atoms with Crippen molar-refractivity contribution in [2.45, 2.75) is 51.4 Å². The van der Waals surface area contributed by atoms with Gasteiger partial charge in [-0.3, -0.25) is 9.69 Å². The van der Waals surface area contributed by atoms with Gasteiger partial charge in [0, 0.05) is 89.0 Å². The molecule has 0 radical (unpaired) electrons. The van der Waals surface area contributed by atoms with Crippen molar-refractivity contribution < 1.29 is 19.0 Å². The smallest absolute Gasteiger partial charge is 0.254 e. The van der Waals surface area contributed by atoms with Gasteiger partial charge < -0.3 is 29.7 Å². The summed E-state index contributed by atoms with van der Waals surface area (Å²) >= 11 is 0. The quantitative estimate of drug-likeness (QED) is 0.357. The summed E-state index contributed by atoms with van der Waals surface area (Å²) in [6, 6.07) is 17.1. The Morgan fingerprint density at radius 3 is 2.67 bits per heavy atom. The maximum absolute atomic E-state index is 13.7. The molecular weight excluding hydrogens is 492 g/mol. The Labute approximate surface area is 234 Å². The highest BCUT2D eigenvalue weighted by Crippen LogP contribution is 2.29. The number of amides is 1. The van der Waals surface area contributed by atoms with Gasteiger partial charge in [-0.1, -0.05) is 30.3 Å². The van der Waals surface area contributed by atoms with Crippen molar-refractivity contribution >= 4 is 5.91 Å². The van der Waals surface area contributed by atoms with E-state index in [2.05, 4.69) is 59.7 Å². The maximum atomic E-state index is 13.7. The van der Waals surface area contributed by atoms with Crippen LogP contribution in [0.15, 0.2) is 48.5 Å². The van der Waals surface area contributed by atoms with Crippen molar-refractivity contribution in [3.05, 3.63) is 59.7 Å². The van der Waals surface area contributed by atoms with Crippen LogP contribution < -0.4 is 20.1 Å². The lowest BCUT2D eigenvalue weighted by Gasteiger charge is -2.33. The summed E-state index contributed by atoms with van der Waals surface area (Å²) < 4.78 is 16.5. The van der Waals surface area contributed by atoms with E-state index in [-0.39, 0.29) is 11.9 Å². The van der Waals surface area contributed by atoms with E-state index in [0.29, 0.717) is 54.8 Å². The molecular formula is C31H46N4O4. The van der Waals surface area contributed by atoms with Gasteiger partial charge in [-0.15, -0.1) is 0 Å². The molecule has 2 saturated heterocycles. The minimum atomic E-state index is 0.0231. The van der Waals surface area contributed by atoms with Crippen molar-refractivity contribution in [3.8, 4) is 11.5 Å². The molecule has 0 aromatic heterocycles. The van der Waals surface area contributed by atoms with Crippen molar-refractivity contribution in [1.29, 1.82) is 0 Å². The molecule has 0 aliphatic carbocycles. The largest absolute Gasteiger partial charge is 0.493 e. The predicted molar refractivity (Wildman–Crippen MR) is 155 cm³/mol. The lowest BCUT2D eigenvalue weighted by atomic mass is 10.00. The minimum absolute atomic E-state index is 0.0231. The molecule has 3 atom stereocenters. The van der Waals surface area contributed by atoms with Crippen molar-refractivity contribution in [2.24, 2.45) is 5.92 Å². The molecule has 39 heavy (non-hydrogen) atoms. The average molecular weight is 539 g/mol. The number of rotatable bonds is 14. The molecule has 2 aliphatic heterocycles. The fourth-order valence-electron chi connectivity index (χ4n) is 5.63. The number of nitrogens with one attached hydrogen (secondary N) is 2. The first-order valence-corrected chi connectivity index (χ1v) is 14.3. The third-order valence-electron chi connectivity index (χ3n) is 7.79. The molecule has 1 unspecified atom stereocenters. The molecule has 0 bridgehead atoms. The summed E-state index contributed by atoms with van der Waals surface area (Å²) in [5, 5.41) is 7.50. The number of nitrogens with zero attached hydrogens (tertiary/aromatic N) is 2. The van der Waals surface area contributed by atoms with Gasteiger partial charge in [0.15, 0.2) is 11.5 Å². The van der Waals surface area contributed by atoms with E-state index < -0.39 is 0 Å². The highest BCUT2D eigenvalue weighted by molar-refractivity contribution is 5.95. The van der Waals surface area contributed by atoms with Crippen molar-refractivity contribution in [3.63, 3.8) is 0 Å². The summed E-state index contributed by atoms with van der Waals surface area (Å²) in [6.45, 7) is 11.0. The van der Waals surface area contributed by atoms with E-state index in [1.54, 1.807) is 14.2 Å². The molecule has 0 saturated carbocycles. The van der Waals surface area contributed by atoms with Crippen LogP contribution in [0.3, 0.4) is 0 Å². The van der Waals surface area contributed by atoms with Crippen LogP contribution in [-0.2, 0) is 11.3 Å². The number of benzene rings is 2. The van der Waals surface area contributed by atoms with Gasteiger partial charge in [0.25, 0.3) is 5.91 Å². The summed E-state index contributed by atoms with van der Waals surface area (Å²) in [5.74, 6) is 1.59. The van der Waals surface area contributed by atoms with Crippen molar-refractivity contribution in [1.82, 2.24) is 20.4 Å². The fraction of sp³-hybridized carbons (Fsp3) is 0.581. The SMILES string of the molecule is COCCCOc1cc(C(=O)N(C[C@@H]2CNC[C@@H]2NC2CCN(Cc3ccccc3)C2)C(C)C)ccc1OC. The first-order valence-electron chi connectivity index (χ1n) is 14.3. The minimum Gasteiger partial charge on any atom is -0.493 e. The van der Waals surface area contributed by atoms with E-state index >= 15 is 0 Å². The normalized spacial score (nSPS) is 21.4. The Morgan fingerprint density at radius 1 is 1.10 bits per heavy atom. The third kappa shape index (κ3) is 8.18. The molecule has 1 amide bonds. The van der Waals surface area contributed by atoms with E-state index in [0.717, 1.165) is 45.6 Å². The van der Waals surface area contributed by atoms with Crippen molar-refractivity contribution in [2.75, 3.05) is 60.2 Å². The van der Waals surface area contributed by atoms with Gasteiger partial charge in [0.05, 0.1) is 13.7 Å². The van der Waals surface area contributed by atoms with Crippen LogP contribution in [0.5, 0.6) is 11.5 Å². The second kappa shape index (κ2) is 14.7. The molecule has 8 heteroatoms. The van der Waals surface area contributed by atoms with E-state index in [1.807, 2.05) is 23.1 Å². The summed E-state index contributed by atoms with van der Waals surface area (Å²) in [4.78, 5) is 18.3. The summed E-state index contributed by atoms with van der Waals surface area (Å²) in [7, 11) is 3.29. The third-order valence-corrected chi connectivity index (χ3v) is 7.79. The zero-order valence-corrected chi connectivity index (χ0v) is 24.0. The zero-order valence-electron chi connectivity index (χ0n) is 24.0. The Morgan fingerprint density at radius 2 is 1.92 bits per heavy atom. The van der Waals surface area contributed by atoms with Crippen LogP contribution in [-0.4, -0.2) is 94.0 Å². The van der Waals surface area contributed by atoms with E-state index in [9.17, 15) is 4.79 Å². The summed E-state index contributed by atoms with van der Waals surface area (Å²) in [5.41, 5.74) is 1.99. The van der Waals surface area contributed by atoms with Crippen LogP contribution >= 0.6 is 0 Å². The van der Waals surface area contributed by atoms with Gasteiger partial charge in [0.2, 0.25) is 0 Å². The number of ether oxygens (including phenoxy) is 3. The number of hydrogen-bond donors (Lipinski definition) is 2. The van der Waals surface area contributed by atoms with Crippen LogP contribution in [0.2, 0.25) is 0 Å². The molecule has 214 valence electrons. The zero-order chi connectivity index (χ0) is 27.6. The molecule has 2 aromatic rings. The Kier molecular flexibility index (Phi) is 11.0. The summed E-state index contributed by atoms with van der Waals surface area (Å²) in [6.07, 6.45) is 1.92. The molecule has 2 N–H and O–H groups in total. The highest BCUT2D eigenvalue weighted by Gasteiger charge is 2.34. The molecule has 4 rings (SSSR count). The number of carbonyl (C=O) groups is 1. The van der Waals surface area contributed by atoms with Gasteiger partial charge in [-0.05, 0) is 44.0 Å². The van der Waals surface area contributed by atoms with Gasteiger partial charge in [0.1, 0.15) is 0 Å². The Hall–Kier alpha value is -2.65. The van der Waals surface area contributed by atoms with Gasteiger partial charge in [-0.25, -0.2) is 0 Å². The highest BCUT2D eigenvalue weighted by atomic mass is 16.5. The second-order valence-electron chi connectivity index (χ2n) is 11.0. The molecule has 2 aromatic carbocycles. The van der Waals surface area contributed by atoms with Crippen LogP contribution in [0.25, 0.3) is 0 Å². The van der Waals surface area contributed by atoms with E-state index in [4.69, 9.17) is 14.2 Å². The first-order chi connectivity index (χ1) is 19.0. The van der Waals surface area contributed by atoms with E-state index in [1.165, 1.54) is 5.56 Å². The van der Waals surface area contributed by atoms with Crippen LogP contribution in [0.1, 0.15) is 42.6 Å². The topological polar surface area (TPSA) is 75.3 Å². The van der Waals surface area contributed by atoms with Crippen LogP contribution in [0.4, 0.5) is 0 Å². The fourth-order valence-corrected chi connectivity index (χ4v) is 5.63. The number of likely N-dealkylation sites (tertiary alicyclic amines) is 1. The molecule has 0 spiro atoms. The Balaban J connectivity index is 1.36.